The second-order valence-corrected chi connectivity index (χ2v) is 6.44. The highest BCUT2D eigenvalue weighted by Crippen LogP contribution is 2.44. The van der Waals surface area contributed by atoms with Gasteiger partial charge in [-0.25, -0.2) is 4.98 Å². The minimum absolute atomic E-state index is 0.0402. The Morgan fingerprint density at radius 3 is 2.29 bits per heavy atom. The number of hydrogen-bond acceptors (Lipinski definition) is 6. The van der Waals surface area contributed by atoms with Crippen LogP contribution in [-0.2, 0) is 25.5 Å². The number of hydrogen-bond donors (Lipinski definition) is 0. The molecule has 116 valence electrons. The van der Waals surface area contributed by atoms with E-state index in [9.17, 15) is 9.59 Å². The van der Waals surface area contributed by atoms with Crippen molar-refractivity contribution in [1.82, 2.24) is 4.98 Å². The SMILES string of the molecule is COC(=O)C(Cc1nc(C)cs1)(C(=O)OC)C1CCCC1. The molecule has 0 atom stereocenters. The molecule has 1 aromatic heterocycles. The molecule has 0 amide bonds. The number of rotatable bonds is 5. The summed E-state index contributed by atoms with van der Waals surface area (Å²) in [6.45, 7) is 1.90. The molecule has 0 unspecified atom stereocenters. The molecule has 1 aliphatic carbocycles. The minimum atomic E-state index is -1.26. The topological polar surface area (TPSA) is 65.5 Å². The molecule has 0 N–H and O–H groups in total. The predicted octanol–water partition coefficient (Wildman–Crippen LogP) is 2.52. The number of aromatic nitrogens is 1. The van der Waals surface area contributed by atoms with Crippen molar-refractivity contribution in [2.24, 2.45) is 11.3 Å². The molecule has 0 aliphatic heterocycles. The molecule has 1 heterocycles. The number of methoxy groups -OCH3 is 2. The highest BCUT2D eigenvalue weighted by Gasteiger charge is 2.55. The Morgan fingerprint density at radius 2 is 1.86 bits per heavy atom. The van der Waals surface area contributed by atoms with E-state index < -0.39 is 17.4 Å². The van der Waals surface area contributed by atoms with Crippen LogP contribution in [0.25, 0.3) is 0 Å². The summed E-state index contributed by atoms with van der Waals surface area (Å²) in [7, 11) is 2.64. The number of esters is 2. The molecular weight excluding hydrogens is 290 g/mol. The van der Waals surface area contributed by atoms with Gasteiger partial charge in [0.05, 0.1) is 19.2 Å². The lowest BCUT2D eigenvalue weighted by Crippen LogP contribution is -2.48. The summed E-state index contributed by atoms with van der Waals surface area (Å²) < 4.78 is 9.93. The molecule has 1 fully saturated rings. The summed E-state index contributed by atoms with van der Waals surface area (Å²) in [5.41, 5.74) is -0.366. The number of aryl methyl sites for hydroxylation is 1. The smallest absolute Gasteiger partial charge is 0.323 e. The number of carbonyl (C=O) groups is 2. The van der Waals surface area contributed by atoms with E-state index in [1.165, 1.54) is 25.6 Å². The zero-order chi connectivity index (χ0) is 15.5. The van der Waals surface area contributed by atoms with Gasteiger partial charge in [0.2, 0.25) is 0 Å². The highest BCUT2D eigenvalue weighted by atomic mass is 32.1. The van der Waals surface area contributed by atoms with Gasteiger partial charge in [0.1, 0.15) is 0 Å². The summed E-state index contributed by atoms with van der Waals surface area (Å²) in [5, 5.41) is 2.69. The van der Waals surface area contributed by atoms with Crippen LogP contribution < -0.4 is 0 Å². The summed E-state index contributed by atoms with van der Waals surface area (Å²) >= 11 is 1.46. The lowest BCUT2D eigenvalue weighted by atomic mass is 9.71. The Balaban J connectivity index is 2.43. The molecular formula is C15H21NO4S. The van der Waals surface area contributed by atoms with E-state index >= 15 is 0 Å². The summed E-state index contributed by atoms with van der Waals surface area (Å²) in [6, 6.07) is 0. The Morgan fingerprint density at radius 1 is 1.29 bits per heavy atom. The maximum Gasteiger partial charge on any atom is 0.323 e. The van der Waals surface area contributed by atoms with Gasteiger partial charge in [-0.2, -0.15) is 0 Å². The van der Waals surface area contributed by atoms with Gasteiger partial charge in [0.25, 0.3) is 0 Å². The van der Waals surface area contributed by atoms with E-state index in [2.05, 4.69) is 4.98 Å². The van der Waals surface area contributed by atoms with Crippen molar-refractivity contribution < 1.29 is 19.1 Å². The van der Waals surface area contributed by atoms with Crippen molar-refractivity contribution in [2.45, 2.75) is 39.0 Å². The third-order valence-electron chi connectivity index (χ3n) is 4.25. The maximum absolute atomic E-state index is 12.5. The van der Waals surface area contributed by atoms with Crippen LogP contribution in [0.5, 0.6) is 0 Å². The molecule has 1 aliphatic rings. The van der Waals surface area contributed by atoms with E-state index in [0.717, 1.165) is 36.4 Å². The van der Waals surface area contributed by atoms with Crippen molar-refractivity contribution in [2.75, 3.05) is 14.2 Å². The third-order valence-corrected chi connectivity index (χ3v) is 5.21. The van der Waals surface area contributed by atoms with Crippen LogP contribution in [0.1, 0.15) is 36.4 Å². The van der Waals surface area contributed by atoms with Crippen LogP contribution >= 0.6 is 11.3 Å². The zero-order valence-electron chi connectivity index (χ0n) is 12.7. The first-order valence-corrected chi connectivity index (χ1v) is 8.00. The van der Waals surface area contributed by atoms with Crippen LogP contribution in [0.15, 0.2) is 5.38 Å². The van der Waals surface area contributed by atoms with Crippen LogP contribution in [0.2, 0.25) is 0 Å². The molecule has 5 nitrogen and oxygen atoms in total. The van der Waals surface area contributed by atoms with E-state index in [1.54, 1.807) is 0 Å². The first-order valence-electron chi connectivity index (χ1n) is 7.12. The second kappa shape index (κ2) is 6.56. The van der Waals surface area contributed by atoms with Gasteiger partial charge in [-0.15, -0.1) is 11.3 Å². The van der Waals surface area contributed by atoms with Crippen LogP contribution in [0, 0.1) is 18.3 Å². The van der Waals surface area contributed by atoms with E-state index in [-0.39, 0.29) is 12.3 Å². The van der Waals surface area contributed by atoms with Gasteiger partial charge in [-0.1, -0.05) is 12.8 Å². The summed E-state index contributed by atoms with van der Waals surface area (Å²) in [6.07, 6.45) is 3.99. The van der Waals surface area contributed by atoms with Gasteiger partial charge >= 0.3 is 11.9 Å². The fourth-order valence-corrected chi connectivity index (χ4v) is 4.08. The molecule has 1 aromatic rings. The van der Waals surface area contributed by atoms with E-state index in [1.807, 2.05) is 12.3 Å². The standard InChI is InChI=1S/C15H21NO4S/c1-10-9-21-12(16-10)8-15(13(17)19-2,14(18)20-3)11-6-4-5-7-11/h9,11H,4-8H2,1-3H3. The van der Waals surface area contributed by atoms with Gasteiger partial charge in [-0.05, 0) is 25.7 Å². The largest absolute Gasteiger partial charge is 0.468 e. The van der Waals surface area contributed by atoms with E-state index in [4.69, 9.17) is 9.47 Å². The first-order chi connectivity index (χ1) is 10.0. The van der Waals surface area contributed by atoms with E-state index in [0.29, 0.717) is 0 Å². The normalized spacial score (nSPS) is 16.0. The molecule has 0 radical (unpaired) electrons. The molecule has 21 heavy (non-hydrogen) atoms. The Hall–Kier alpha value is -1.43. The van der Waals surface area contributed by atoms with Crippen molar-refractivity contribution in [3.63, 3.8) is 0 Å². The van der Waals surface area contributed by atoms with Crippen molar-refractivity contribution in [3.05, 3.63) is 16.1 Å². The minimum Gasteiger partial charge on any atom is -0.468 e. The van der Waals surface area contributed by atoms with Crippen molar-refractivity contribution >= 4 is 23.3 Å². The molecule has 0 spiro atoms. The fraction of sp³-hybridized carbons (Fsp3) is 0.667. The average Bonchev–Trinajstić information content (AvgIpc) is 3.14. The monoisotopic (exact) mass is 311 g/mol. The number of nitrogens with zero attached hydrogens (tertiary/aromatic N) is 1. The molecule has 1 saturated carbocycles. The highest BCUT2D eigenvalue weighted by molar-refractivity contribution is 7.09. The number of thiazole rings is 1. The third kappa shape index (κ3) is 2.95. The van der Waals surface area contributed by atoms with Crippen LogP contribution in [0.3, 0.4) is 0 Å². The fourth-order valence-electron chi connectivity index (χ4n) is 3.21. The quantitative estimate of drug-likeness (QED) is 0.617. The average molecular weight is 311 g/mol. The number of ether oxygens (including phenoxy) is 2. The van der Waals surface area contributed by atoms with Crippen molar-refractivity contribution in [1.29, 1.82) is 0 Å². The lowest BCUT2D eigenvalue weighted by Gasteiger charge is -2.32. The van der Waals surface area contributed by atoms with Gasteiger partial charge < -0.3 is 9.47 Å². The Labute approximate surface area is 128 Å². The summed E-state index contributed by atoms with van der Waals surface area (Å²) in [4.78, 5) is 29.4. The van der Waals surface area contributed by atoms with Gasteiger partial charge in [0.15, 0.2) is 5.41 Å². The first kappa shape index (κ1) is 15.9. The molecule has 0 aromatic carbocycles. The van der Waals surface area contributed by atoms with Crippen molar-refractivity contribution in [3.8, 4) is 0 Å². The van der Waals surface area contributed by atoms with Crippen LogP contribution in [-0.4, -0.2) is 31.1 Å². The maximum atomic E-state index is 12.5. The number of carbonyl (C=O) groups excluding carboxylic acids is 2. The second-order valence-electron chi connectivity index (χ2n) is 5.50. The predicted molar refractivity (Wildman–Crippen MR) is 79.0 cm³/mol. The molecule has 6 heteroatoms. The lowest BCUT2D eigenvalue weighted by molar-refractivity contribution is -0.173. The Kier molecular flexibility index (Phi) is 4.98. The zero-order valence-corrected chi connectivity index (χ0v) is 13.5. The Bertz CT molecular complexity index is 503. The molecule has 0 bridgehead atoms. The van der Waals surface area contributed by atoms with Gasteiger partial charge in [-0.3, -0.25) is 9.59 Å². The molecule has 2 rings (SSSR count). The van der Waals surface area contributed by atoms with Crippen LogP contribution in [0.4, 0.5) is 0 Å². The summed E-state index contributed by atoms with van der Waals surface area (Å²) in [5.74, 6) is -1.05. The van der Waals surface area contributed by atoms with Gasteiger partial charge in [0, 0.05) is 17.5 Å². The molecule has 0 saturated heterocycles.